The summed E-state index contributed by atoms with van der Waals surface area (Å²) in [6.07, 6.45) is -3.55. The fourth-order valence-electron chi connectivity index (χ4n) is 1.81. The van der Waals surface area contributed by atoms with E-state index < -0.39 is 18.6 Å². The van der Waals surface area contributed by atoms with Crippen LogP contribution in [0.4, 0.5) is 14.5 Å². The zero-order valence-corrected chi connectivity index (χ0v) is 10.4. The number of ether oxygens (including phenoxy) is 1. The largest absolute Gasteiger partial charge is 0.399 e. The van der Waals surface area contributed by atoms with E-state index in [4.69, 9.17) is 10.5 Å². The van der Waals surface area contributed by atoms with Gasteiger partial charge in [-0.05, 0) is 31.0 Å². The number of aliphatic hydroxyl groups is 1. The molecule has 0 fully saturated rings. The molecule has 0 aromatic heterocycles. The van der Waals surface area contributed by atoms with Gasteiger partial charge in [-0.2, -0.15) is 0 Å². The van der Waals surface area contributed by atoms with Crippen molar-refractivity contribution >= 4 is 5.69 Å². The molecular weight excluding hydrogens is 240 g/mol. The quantitative estimate of drug-likeness (QED) is 0.584. The molecule has 0 saturated carbocycles. The molecule has 102 valence electrons. The van der Waals surface area contributed by atoms with E-state index in [1.807, 2.05) is 0 Å². The Morgan fingerprint density at radius 3 is 2.33 bits per heavy atom. The first kappa shape index (κ1) is 14.9. The number of hydrogen-bond donors (Lipinski definition) is 2. The van der Waals surface area contributed by atoms with Crippen LogP contribution in [0.15, 0.2) is 24.3 Å². The standard InChI is InChI=1S/C13H19F2NO2/c1-2-18-13(17)11(7-8-12(14)15)9-3-5-10(16)6-4-9/h3-6,11-13,17H,2,7-8,16H2,1H3. The average molecular weight is 259 g/mol. The second-order valence-electron chi connectivity index (χ2n) is 4.09. The number of halogens is 2. The first-order valence-electron chi connectivity index (χ1n) is 5.97. The molecule has 0 heterocycles. The van der Waals surface area contributed by atoms with Crippen molar-refractivity contribution < 1.29 is 18.6 Å². The Morgan fingerprint density at radius 2 is 1.83 bits per heavy atom. The van der Waals surface area contributed by atoms with Crippen LogP contribution in [0.3, 0.4) is 0 Å². The van der Waals surface area contributed by atoms with Crippen LogP contribution in [-0.4, -0.2) is 24.4 Å². The molecule has 3 N–H and O–H groups in total. The molecule has 0 bridgehead atoms. The SMILES string of the molecule is CCOC(O)C(CCC(F)F)c1ccc(N)cc1. The number of anilines is 1. The van der Waals surface area contributed by atoms with E-state index in [0.717, 1.165) is 5.56 Å². The molecule has 5 heteroatoms. The van der Waals surface area contributed by atoms with Crippen LogP contribution < -0.4 is 5.73 Å². The van der Waals surface area contributed by atoms with Crippen LogP contribution in [0.5, 0.6) is 0 Å². The number of alkyl halides is 2. The van der Waals surface area contributed by atoms with Crippen molar-refractivity contribution in [3.05, 3.63) is 29.8 Å². The van der Waals surface area contributed by atoms with E-state index >= 15 is 0 Å². The van der Waals surface area contributed by atoms with Crippen LogP contribution in [0, 0.1) is 0 Å². The summed E-state index contributed by atoms with van der Waals surface area (Å²) in [5, 5.41) is 9.85. The molecule has 0 aliphatic carbocycles. The van der Waals surface area contributed by atoms with E-state index in [-0.39, 0.29) is 12.8 Å². The van der Waals surface area contributed by atoms with E-state index in [1.165, 1.54) is 0 Å². The van der Waals surface area contributed by atoms with Crippen LogP contribution in [-0.2, 0) is 4.74 Å². The topological polar surface area (TPSA) is 55.5 Å². The monoisotopic (exact) mass is 259 g/mol. The second-order valence-corrected chi connectivity index (χ2v) is 4.09. The number of nitrogens with two attached hydrogens (primary N) is 1. The van der Waals surface area contributed by atoms with Gasteiger partial charge in [0.25, 0.3) is 0 Å². The molecule has 0 spiro atoms. The van der Waals surface area contributed by atoms with Gasteiger partial charge in [0.2, 0.25) is 6.43 Å². The fourth-order valence-corrected chi connectivity index (χ4v) is 1.81. The average Bonchev–Trinajstić information content (AvgIpc) is 2.31. The molecule has 0 radical (unpaired) electrons. The van der Waals surface area contributed by atoms with Gasteiger partial charge < -0.3 is 15.6 Å². The molecule has 1 aromatic carbocycles. The van der Waals surface area contributed by atoms with E-state index in [9.17, 15) is 13.9 Å². The lowest BCUT2D eigenvalue weighted by molar-refractivity contribution is -0.114. The summed E-state index contributed by atoms with van der Waals surface area (Å²) in [5.41, 5.74) is 6.92. The Kier molecular flexibility index (Phi) is 6.01. The minimum atomic E-state index is -2.38. The molecule has 3 nitrogen and oxygen atoms in total. The summed E-state index contributed by atoms with van der Waals surface area (Å²) in [7, 11) is 0. The summed E-state index contributed by atoms with van der Waals surface area (Å²) in [4.78, 5) is 0. The van der Waals surface area contributed by atoms with Crippen LogP contribution >= 0.6 is 0 Å². The van der Waals surface area contributed by atoms with Gasteiger partial charge in [-0.3, -0.25) is 0 Å². The molecule has 1 aromatic rings. The van der Waals surface area contributed by atoms with Gasteiger partial charge in [-0.15, -0.1) is 0 Å². The van der Waals surface area contributed by atoms with Gasteiger partial charge in [0, 0.05) is 24.6 Å². The molecule has 18 heavy (non-hydrogen) atoms. The maximum Gasteiger partial charge on any atom is 0.238 e. The third-order valence-electron chi connectivity index (χ3n) is 2.74. The Bertz CT molecular complexity index is 343. The fraction of sp³-hybridized carbons (Fsp3) is 0.538. The number of rotatable bonds is 7. The zero-order valence-electron chi connectivity index (χ0n) is 10.4. The predicted octanol–water partition coefficient (Wildman–Crippen LogP) is 2.75. The van der Waals surface area contributed by atoms with Crippen molar-refractivity contribution in [1.29, 1.82) is 0 Å². The van der Waals surface area contributed by atoms with Gasteiger partial charge in [-0.1, -0.05) is 12.1 Å². The normalized spacial score (nSPS) is 14.7. The molecule has 2 unspecified atom stereocenters. The number of nitrogen functional groups attached to an aromatic ring is 1. The number of aliphatic hydroxyl groups excluding tert-OH is 1. The van der Waals surface area contributed by atoms with Gasteiger partial charge in [0.05, 0.1) is 0 Å². The minimum Gasteiger partial charge on any atom is -0.399 e. The van der Waals surface area contributed by atoms with Crippen molar-refractivity contribution in [3.8, 4) is 0 Å². The number of benzene rings is 1. The summed E-state index contributed by atoms with van der Waals surface area (Å²) >= 11 is 0. The Labute approximate surface area is 106 Å². The maximum absolute atomic E-state index is 12.3. The van der Waals surface area contributed by atoms with Gasteiger partial charge in [-0.25, -0.2) is 8.78 Å². The zero-order chi connectivity index (χ0) is 13.5. The molecular formula is C13H19F2NO2. The highest BCUT2D eigenvalue weighted by Gasteiger charge is 2.22. The molecule has 0 aliphatic heterocycles. The molecule has 1 rings (SSSR count). The summed E-state index contributed by atoms with van der Waals surface area (Å²) < 4.78 is 29.7. The Hall–Kier alpha value is -1.20. The van der Waals surface area contributed by atoms with E-state index in [0.29, 0.717) is 12.3 Å². The Balaban J connectivity index is 2.78. The van der Waals surface area contributed by atoms with Crippen LogP contribution in [0.25, 0.3) is 0 Å². The molecule has 2 atom stereocenters. The predicted molar refractivity (Wildman–Crippen MR) is 66.5 cm³/mol. The van der Waals surface area contributed by atoms with Crippen molar-refractivity contribution in [2.75, 3.05) is 12.3 Å². The lowest BCUT2D eigenvalue weighted by atomic mass is 9.93. The van der Waals surface area contributed by atoms with Gasteiger partial charge in [0.15, 0.2) is 6.29 Å². The van der Waals surface area contributed by atoms with Crippen molar-refractivity contribution in [3.63, 3.8) is 0 Å². The smallest absolute Gasteiger partial charge is 0.238 e. The lowest BCUT2D eigenvalue weighted by Crippen LogP contribution is -2.22. The highest BCUT2D eigenvalue weighted by molar-refractivity contribution is 5.40. The summed E-state index contributed by atoms with van der Waals surface area (Å²) in [5.74, 6) is -0.459. The third-order valence-corrected chi connectivity index (χ3v) is 2.74. The highest BCUT2D eigenvalue weighted by Crippen LogP contribution is 2.28. The lowest BCUT2D eigenvalue weighted by Gasteiger charge is -2.23. The summed E-state index contributed by atoms with van der Waals surface area (Å²) in [6, 6.07) is 6.83. The molecule has 0 aliphatic rings. The third kappa shape index (κ3) is 4.58. The van der Waals surface area contributed by atoms with Gasteiger partial charge >= 0.3 is 0 Å². The van der Waals surface area contributed by atoms with Crippen LogP contribution in [0.2, 0.25) is 0 Å². The van der Waals surface area contributed by atoms with Crippen molar-refractivity contribution in [2.45, 2.75) is 38.4 Å². The van der Waals surface area contributed by atoms with Crippen molar-refractivity contribution in [2.24, 2.45) is 0 Å². The van der Waals surface area contributed by atoms with E-state index in [1.54, 1.807) is 31.2 Å². The maximum atomic E-state index is 12.3. The van der Waals surface area contributed by atoms with Gasteiger partial charge in [0.1, 0.15) is 0 Å². The first-order chi connectivity index (χ1) is 8.54. The first-order valence-corrected chi connectivity index (χ1v) is 5.97. The van der Waals surface area contributed by atoms with Crippen LogP contribution in [0.1, 0.15) is 31.2 Å². The number of hydrogen-bond acceptors (Lipinski definition) is 3. The highest BCUT2D eigenvalue weighted by atomic mass is 19.3. The Morgan fingerprint density at radius 1 is 1.22 bits per heavy atom. The van der Waals surface area contributed by atoms with E-state index in [2.05, 4.69) is 0 Å². The minimum absolute atomic E-state index is 0.169. The summed E-state index contributed by atoms with van der Waals surface area (Å²) in [6.45, 7) is 2.08. The second kappa shape index (κ2) is 7.28. The van der Waals surface area contributed by atoms with Crippen molar-refractivity contribution in [1.82, 2.24) is 0 Å². The molecule has 0 saturated heterocycles. The molecule has 0 amide bonds.